The summed E-state index contributed by atoms with van der Waals surface area (Å²) in [6, 6.07) is 0. The molecule has 0 aliphatic rings. The van der Waals surface area contributed by atoms with Crippen LogP contribution in [0.4, 0.5) is 0 Å². The molecule has 28 heavy (non-hydrogen) atoms. The third kappa shape index (κ3) is 3.85. The molecule has 0 spiro atoms. The minimum absolute atomic E-state index is 0.0394. The largest absolute Gasteiger partial charge is 0.494 e. The number of ether oxygens (including phenoxy) is 2. The summed E-state index contributed by atoms with van der Waals surface area (Å²) in [4.78, 5) is 42.4. The highest BCUT2D eigenvalue weighted by atomic mass is 35.5. The van der Waals surface area contributed by atoms with Crippen molar-refractivity contribution in [2.45, 2.75) is 0 Å². The molecule has 0 fully saturated rings. The zero-order chi connectivity index (χ0) is 20.3. The Hall–Kier alpha value is -3.31. The van der Waals surface area contributed by atoms with E-state index in [1.54, 1.807) is 0 Å². The maximum absolute atomic E-state index is 11.5. The smallest absolute Gasteiger partial charge is 0.263 e. The fraction of sp³-hybridized carbons (Fsp3) is 0.125. The number of methoxy groups -OCH3 is 2. The van der Waals surface area contributed by atoms with Crippen LogP contribution < -0.4 is 20.6 Å². The van der Waals surface area contributed by atoms with Crippen LogP contribution >= 0.6 is 23.8 Å². The number of fused-ring (bicyclic) bond motifs is 2. The van der Waals surface area contributed by atoms with Crippen LogP contribution in [0, 0.1) is 4.77 Å². The first-order chi connectivity index (χ1) is 13.4. The third-order valence-corrected chi connectivity index (χ3v) is 3.99. The highest BCUT2D eigenvalue weighted by molar-refractivity contribution is 7.71. The lowest BCUT2D eigenvalue weighted by Gasteiger charge is -2.02. The average molecular weight is 421 g/mol. The number of hydrogen-bond acceptors (Lipinski definition) is 8. The molecule has 0 saturated heterocycles. The summed E-state index contributed by atoms with van der Waals surface area (Å²) in [6.07, 6.45) is 5.92. The summed E-state index contributed by atoms with van der Waals surface area (Å²) in [5.74, 6) is 0.808. The van der Waals surface area contributed by atoms with E-state index >= 15 is 0 Å². The number of nitrogens with one attached hydrogen (secondary N) is 3. The summed E-state index contributed by atoms with van der Waals surface area (Å²) in [5.41, 5.74) is 0.374. The van der Waals surface area contributed by atoms with Crippen LogP contribution in [-0.4, -0.2) is 44.1 Å². The van der Waals surface area contributed by atoms with E-state index < -0.39 is 0 Å². The molecule has 4 heterocycles. The number of aromatic nitrogens is 6. The van der Waals surface area contributed by atoms with Crippen LogP contribution in [0.3, 0.4) is 0 Å². The van der Waals surface area contributed by atoms with Crippen molar-refractivity contribution in [3.8, 4) is 11.5 Å². The number of pyridine rings is 2. The third-order valence-electron chi connectivity index (χ3n) is 3.61. The maximum atomic E-state index is 11.5. The van der Waals surface area contributed by atoms with Gasteiger partial charge in [0.25, 0.3) is 11.1 Å². The van der Waals surface area contributed by atoms with Gasteiger partial charge in [-0.2, -0.15) is 0 Å². The average Bonchev–Trinajstić information content (AvgIpc) is 2.66. The van der Waals surface area contributed by atoms with Gasteiger partial charge in [0.05, 0.1) is 44.5 Å². The van der Waals surface area contributed by atoms with Gasteiger partial charge in [0.2, 0.25) is 5.28 Å². The zero-order valence-corrected chi connectivity index (χ0v) is 16.1. The molecule has 0 saturated carbocycles. The molecule has 4 rings (SSSR count). The van der Waals surface area contributed by atoms with Crippen molar-refractivity contribution in [3.63, 3.8) is 0 Å². The Bertz CT molecular complexity index is 1330. The van der Waals surface area contributed by atoms with Crippen LogP contribution in [-0.2, 0) is 0 Å². The fourth-order valence-electron chi connectivity index (χ4n) is 2.43. The van der Waals surface area contributed by atoms with E-state index in [2.05, 4.69) is 29.9 Å². The van der Waals surface area contributed by atoms with Crippen LogP contribution in [0.1, 0.15) is 0 Å². The molecule has 3 N–H and O–H groups in total. The predicted molar refractivity (Wildman–Crippen MR) is 106 cm³/mol. The Labute approximate surface area is 166 Å². The maximum Gasteiger partial charge on any atom is 0.263 e. The van der Waals surface area contributed by atoms with Gasteiger partial charge in [0.1, 0.15) is 16.3 Å². The van der Waals surface area contributed by atoms with Crippen LogP contribution in [0.15, 0.2) is 34.4 Å². The lowest BCUT2D eigenvalue weighted by atomic mass is 10.3. The Kier molecular flexibility index (Phi) is 5.66. The second kappa shape index (κ2) is 8.15. The molecule has 0 radical (unpaired) electrons. The minimum Gasteiger partial charge on any atom is -0.494 e. The molecule has 0 aliphatic carbocycles. The monoisotopic (exact) mass is 420 g/mol. The molecule has 4 aromatic heterocycles. The number of aromatic amines is 3. The fourth-order valence-corrected chi connectivity index (χ4v) is 2.81. The first kappa shape index (κ1) is 19.5. The molecule has 10 nitrogen and oxygen atoms in total. The lowest BCUT2D eigenvalue weighted by molar-refractivity contribution is 0.417. The molecule has 0 aromatic carbocycles. The second-order valence-electron chi connectivity index (χ2n) is 5.27. The number of halogens is 1. The van der Waals surface area contributed by atoms with Crippen molar-refractivity contribution in [1.29, 1.82) is 0 Å². The highest BCUT2D eigenvalue weighted by Crippen LogP contribution is 2.19. The highest BCUT2D eigenvalue weighted by Gasteiger charge is 2.08. The van der Waals surface area contributed by atoms with E-state index in [0.717, 1.165) is 0 Å². The molecular weight excluding hydrogens is 408 g/mol. The Balaban J connectivity index is 0.000000161. The molecule has 0 aliphatic heterocycles. The van der Waals surface area contributed by atoms with Crippen molar-refractivity contribution in [1.82, 2.24) is 29.9 Å². The van der Waals surface area contributed by atoms with E-state index in [1.807, 2.05) is 0 Å². The zero-order valence-electron chi connectivity index (χ0n) is 14.6. The van der Waals surface area contributed by atoms with Gasteiger partial charge in [-0.05, 0) is 23.8 Å². The first-order valence-electron chi connectivity index (χ1n) is 7.66. The van der Waals surface area contributed by atoms with Gasteiger partial charge in [0, 0.05) is 0 Å². The molecule has 4 aromatic rings. The van der Waals surface area contributed by atoms with Crippen molar-refractivity contribution in [2.24, 2.45) is 0 Å². The Morgan fingerprint density at radius 2 is 1.50 bits per heavy atom. The van der Waals surface area contributed by atoms with E-state index in [-0.39, 0.29) is 21.2 Å². The van der Waals surface area contributed by atoms with E-state index in [0.29, 0.717) is 33.3 Å². The molecule has 144 valence electrons. The topological polar surface area (TPSA) is 139 Å². The molecule has 12 heteroatoms. The number of H-pyrrole nitrogens is 3. The Morgan fingerprint density at radius 1 is 0.893 bits per heavy atom. The van der Waals surface area contributed by atoms with Crippen molar-refractivity contribution < 1.29 is 9.47 Å². The van der Waals surface area contributed by atoms with Crippen molar-refractivity contribution in [3.05, 3.63) is 55.5 Å². The van der Waals surface area contributed by atoms with Gasteiger partial charge in [-0.3, -0.25) is 29.5 Å². The van der Waals surface area contributed by atoms with Gasteiger partial charge < -0.3 is 14.5 Å². The lowest BCUT2D eigenvalue weighted by Crippen LogP contribution is -2.09. The van der Waals surface area contributed by atoms with Crippen LogP contribution in [0.5, 0.6) is 11.5 Å². The van der Waals surface area contributed by atoms with E-state index in [9.17, 15) is 9.59 Å². The van der Waals surface area contributed by atoms with Crippen LogP contribution in [0.2, 0.25) is 5.28 Å². The quantitative estimate of drug-likeness (QED) is 0.330. The van der Waals surface area contributed by atoms with Crippen molar-refractivity contribution >= 4 is 45.6 Å². The summed E-state index contributed by atoms with van der Waals surface area (Å²) in [6.45, 7) is 0. The second-order valence-corrected chi connectivity index (χ2v) is 6.03. The number of hydrogen-bond donors (Lipinski definition) is 3. The summed E-state index contributed by atoms with van der Waals surface area (Å²) in [7, 11) is 2.95. The standard InChI is InChI=1S/C8H6ClN3O2.C8H7N3O2S/c1-14-5-3-10-2-4-6(5)7(13)12-8(9)11-4;1-13-5-3-9-2-4-6(5)7(12)11-8(14)10-4/h2-3H,1H3,(H,11,12,13);2-3H,1H3,(H2,10,11,12,14). The minimum atomic E-state index is -0.334. The molecule has 0 amide bonds. The normalized spacial score (nSPS) is 10.4. The van der Waals surface area contributed by atoms with Gasteiger partial charge in [-0.15, -0.1) is 0 Å². The summed E-state index contributed by atoms with van der Waals surface area (Å²) >= 11 is 10.4. The molecule has 0 atom stereocenters. The molecular formula is C16H13ClN6O4S. The SMILES string of the molecule is COc1cncc2[nH]c(=S)[nH]c(=O)c12.COc1cncc2nc(Cl)[nH]c(=O)c12. The van der Waals surface area contributed by atoms with Gasteiger partial charge in [0.15, 0.2) is 16.3 Å². The van der Waals surface area contributed by atoms with Gasteiger partial charge in [-0.1, -0.05) is 0 Å². The summed E-state index contributed by atoms with van der Waals surface area (Å²) < 4.78 is 10.3. The Morgan fingerprint density at radius 3 is 2.18 bits per heavy atom. The predicted octanol–water partition coefficient (Wildman–Crippen LogP) is 1.97. The molecule has 0 unspecified atom stereocenters. The van der Waals surface area contributed by atoms with Gasteiger partial charge in [-0.25, -0.2) is 4.98 Å². The number of rotatable bonds is 2. The first-order valence-corrected chi connectivity index (χ1v) is 8.45. The van der Waals surface area contributed by atoms with Crippen molar-refractivity contribution in [2.75, 3.05) is 14.2 Å². The molecule has 0 bridgehead atoms. The van der Waals surface area contributed by atoms with Gasteiger partial charge >= 0.3 is 0 Å². The van der Waals surface area contributed by atoms with E-state index in [4.69, 9.17) is 33.3 Å². The summed E-state index contributed by atoms with van der Waals surface area (Å²) in [5, 5.41) is 0.820. The number of nitrogens with zero attached hydrogens (tertiary/aromatic N) is 3. The van der Waals surface area contributed by atoms with Crippen LogP contribution in [0.25, 0.3) is 21.8 Å². The van der Waals surface area contributed by atoms with E-state index in [1.165, 1.54) is 39.0 Å².